The monoisotopic (exact) mass is 338 g/mol. The Kier molecular flexibility index (Phi) is 6.18. The molecule has 0 unspecified atom stereocenters. The summed E-state index contributed by atoms with van der Waals surface area (Å²) in [4.78, 5) is 13.9. The first-order valence-electron chi connectivity index (χ1n) is 8.17. The molecule has 0 bridgehead atoms. The second-order valence-corrected chi connectivity index (χ2v) is 8.59. The van der Waals surface area contributed by atoms with Gasteiger partial charge in [-0.05, 0) is 38.2 Å². The minimum absolute atomic E-state index is 0.0192. The van der Waals surface area contributed by atoms with Gasteiger partial charge in [0, 0.05) is 18.6 Å². The first-order valence-corrected chi connectivity index (χ1v) is 9.99. The number of piperidine rings is 1. The fraction of sp³-hybridized carbons (Fsp3) is 0.588. The van der Waals surface area contributed by atoms with E-state index < -0.39 is 9.84 Å². The first-order chi connectivity index (χ1) is 10.9. The zero-order chi connectivity index (χ0) is 16.9. The van der Waals surface area contributed by atoms with E-state index in [1.165, 1.54) is 0 Å². The number of aryl methyl sites for hydroxylation is 1. The number of carbonyl (C=O) groups excluding carboxylic acids is 1. The summed E-state index contributed by atoms with van der Waals surface area (Å²) < 4.78 is 24.3. The molecule has 1 aliphatic heterocycles. The van der Waals surface area contributed by atoms with Crippen LogP contribution in [0.5, 0.6) is 0 Å². The molecule has 6 heteroatoms. The van der Waals surface area contributed by atoms with E-state index in [2.05, 4.69) is 0 Å². The molecule has 128 valence electrons. The van der Waals surface area contributed by atoms with Gasteiger partial charge < -0.3 is 10.6 Å². The number of rotatable bonds is 6. The SMILES string of the molecule is C[C@H]1C[C@H](N)CCN1C(=O)CS(=O)(=O)CCCc1ccccc1. The van der Waals surface area contributed by atoms with Gasteiger partial charge in [-0.1, -0.05) is 30.3 Å². The molecule has 1 saturated heterocycles. The Balaban J connectivity index is 1.82. The summed E-state index contributed by atoms with van der Waals surface area (Å²) in [6.07, 6.45) is 2.73. The van der Waals surface area contributed by atoms with Gasteiger partial charge in [0.25, 0.3) is 0 Å². The average Bonchev–Trinajstić information content (AvgIpc) is 2.47. The maximum absolute atomic E-state index is 12.3. The van der Waals surface area contributed by atoms with Crippen molar-refractivity contribution in [2.45, 2.75) is 44.7 Å². The molecule has 1 heterocycles. The minimum Gasteiger partial charge on any atom is -0.339 e. The van der Waals surface area contributed by atoms with Crippen molar-refractivity contribution in [1.82, 2.24) is 4.90 Å². The largest absolute Gasteiger partial charge is 0.339 e. The highest BCUT2D eigenvalue weighted by atomic mass is 32.2. The molecule has 0 aromatic heterocycles. The molecule has 2 atom stereocenters. The summed E-state index contributed by atoms with van der Waals surface area (Å²) in [6.45, 7) is 2.49. The molecule has 0 saturated carbocycles. The van der Waals surface area contributed by atoms with Crippen LogP contribution in [0.1, 0.15) is 31.7 Å². The van der Waals surface area contributed by atoms with Gasteiger partial charge in [0.1, 0.15) is 5.75 Å². The lowest BCUT2D eigenvalue weighted by molar-refractivity contribution is -0.131. The van der Waals surface area contributed by atoms with E-state index in [9.17, 15) is 13.2 Å². The molecule has 1 aliphatic rings. The summed E-state index contributed by atoms with van der Waals surface area (Å²) in [6, 6.07) is 9.91. The third kappa shape index (κ3) is 5.62. The molecule has 23 heavy (non-hydrogen) atoms. The molecule has 5 nitrogen and oxygen atoms in total. The van der Waals surface area contributed by atoms with Gasteiger partial charge >= 0.3 is 0 Å². The number of amides is 1. The van der Waals surface area contributed by atoms with E-state index in [0.717, 1.165) is 18.4 Å². The molecule has 0 aliphatic carbocycles. The average molecular weight is 338 g/mol. The number of nitrogens with two attached hydrogens (primary N) is 1. The number of hydrogen-bond donors (Lipinski definition) is 1. The van der Waals surface area contributed by atoms with E-state index in [-0.39, 0.29) is 29.5 Å². The van der Waals surface area contributed by atoms with Crippen molar-refractivity contribution in [1.29, 1.82) is 0 Å². The molecule has 2 rings (SSSR count). The zero-order valence-corrected chi connectivity index (χ0v) is 14.5. The van der Waals surface area contributed by atoms with Crippen LogP contribution in [0.3, 0.4) is 0 Å². The van der Waals surface area contributed by atoms with Gasteiger partial charge in [-0.25, -0.2) is 8.42 Å². The number of sulfone groups is 1. The fourth-order valence-electron chi connectivity index (χ4n) is 3.06. The topological polar surface area (TPSA) is 80.5 Å². The zero-order valence-electron chi connectivity index (χ0n) is 13.6. The minimum atomic E-state index is -3.36. The molecule has 1 fully saturated rings. The van der Waals surface area contributed by atoms with Crippen LogP contribution in [-0.2, 0) is 21.1 Å². The Morgan fingerprint density at radius 1 is 1.30 bits per heavy atom. The van der Waals surface area contributed by atoms with E-state index in [0.29, 0.717) is 19.4 Å². The first kappa shape index (κ1) is 17.9. The quantitative estimate of drug-likeness (QED) is 0.849. The van der Waals surface area contributed by atoms with Crippen LogP contribution in [0.4, 0.5) is 0 Å². The van der Waals surface area contributed by atoms with Gasteiger partial charge in [0.05, 0.1) is 5.75 Å². The predicted octanol–water partition coefficient (Wildman–Crippen LogP) is 1.37. The second-order valence-electron chi connectivity index (χ2n) is 6.40. The highest BCUT2D eigenvalue weighted by molar-refractivity contribution is 7.92. The lowest BCUT2D eigenvalue weighted by Crippen LogP contribution is -2.50. The van der Waals surface area contributed by atoms with Crippen molar-refractivity contribution in [2.24, 2.45) is 5.73 Å². The Hall–Kier alpha value is -1.40. The Labute approximate surface area is 138 Å². The van der Waals surface area contributed by atoms with Gasteiger partial charge in [-0.15, -0.1) is 0 Å². The van der Waals surface area contributed by atoms with Crippen LogP contribution in [-0.4, -0.2) is 49.4 Å². The molecule has 0 spiro atoms. The second kappa shape index (κ2) is 7.93. The fourth-order valence-corrected chi connectivity index (χ4v) is 4.33. The summed E-state index contributed by atoms with van der Waals surface area (Å²) in [5.74, 6) is -0.624. The lowest BCUT2D eigenvalue weighted by atomic mass is 9.99. The summed E-state index contributed by atoms with van der Waals surface area (Å²) in [7, 11) is -3.36. The molecule has 1 amide bonds. The van der Waals surface area contributed by atoms with Crippen molar-refractivity contribution in [3.05, 3.63) is 35.9 Å². The van der Waals surface area contributed by atoms with Gasteiger partial charge in [0.2, 0.25) is 5.91 Å². The van der Waals surface area contributed by atoms with Gasteiger partial charge in [0.15, 0.2) is 9.84 Å². The summed E-state index contributed by atoms with van der Waals surface area (Å²) in [5.41, 5.74) is 7.00. The van der Waals surface area contributed by atoms with E-state index in [4.69, 9.17) is 5.73 Å². The van der Waals surface area contributed by atoms with Crippen molar-refractivity contribution < 1.29 is 13.2 Å². The Morgan fingerprint density at radius 3 is 2.65 bits per heavy atom. The van der Waals surface area contributed by atoms with Crippen LogP contribution >= 0.6 is 0 Å². The smallest absolute Gasteiger partial charge is 0.238 e. The molecule has 1 aromatic rings. The van der Waals surface area contributed by atoms with E-state index in [1.54, 1.807) is 4.90 Å². The van der Waals surface area contributed by atoms with E-state index in [1.807, 2.05) is 37.3 Å². The summed E-state index contributed by atoms with van der Waals surface area (Å²) in [5, 5.41) is 0. The maximum atomic E-state index is 12.3. The number of likely N-dealkylation sites (tertiary alicyclic amines) is 1. The van der Waals surface area contributed by atoms with Crippen LogP contribution in [0.2, 0.25) is 0 Å². The van der Waals surface area contributed by atoms with Crippen molar-refractivity contribution in [2.75, 3.05) is 18.1 Å². The van der Waals surface area contributed by atoms with Crippen LogP contribution in [0.15, 0.2) is 30.3 Å². The molecule has 2 N–H and O–H groups in total. The number of benzene rings is 1. The molecular weight excluding hydrogens is 312 g/mol. The number of hydrogen-bond acceptors (Lipinski definition) is 4. The van der Waals surface area contributed by atoms with E-state index >= 15 is 0 Å². The number of carbonyl (C=O) groups is 1. The highest BCUT2D eigenvalue weighted by Gasteiger charge is 2.29. The van der Waals surface area contributed by atoms with Gasteiger partial charge in [-0.2, -0.15) is 0 Å². The maximum Gasteiger partial charge on any atom is 0.238 e. The molecule has 1 aromatic carbocycles. The Morgan fingerprint density at radius 2 is 2.00 bits per heavy atom. The van der Waals surface area contributed by atoms with Crippen LogP contribution in [0, 0.1) is 0 Å². The van der Waals surface area contributed by atoms with Crippen LogP contribution < -0.4 is 5.73 Å². The highest BCUT2D eigenvalue weighted by Crippen LogP contribution is 2.16. The summed E-state index contributed by atoms with van der Waals surface area (Å²) >= 11 is 0. The van der Waals surface area contributed by atoms with Crippen molar-refractivity contribution >= 4 is 15.7 Å². The molecular formula is C17H26N2O3S. The lowest BCUT2D eigenvalue weighted by Gasteiger charge is -2.36. The normalized spacial score (nSPS) is 22.1. The van der Waals surface area contributed by atoms with Crippen molar-refractivity contribution in [3.8, 4) is 0 Å². The standard InChI is InChI=1S/C17H26N2O3S/c1-14-12-16(18)9-10-19(14)17(20)13-23(21,22)11-5-8-15-6-3-2-4-7-15/h2-4,6-7,14,16H,5,8-13,18H2,1H3/t14-,16+/m0/s1. The molecule has 0 radical (unpaired) electrons. The third-order valence-corrected chi connectivity index (χ3v) is 5.94. The van der Waals surface area contributed by atoms with Crippen LogP contribution in [0.25, 0.3) is 0 Å². The predicted molar refractivity (Wildman–Crippen MR) is 91.8 cm³/mol. The van der Waals surface area contributed by atoms with Crippen molar-refractivity contribution in [3.63, 3.8) is 0 Å². The van der Waals surface area contributed by atoms with Gasteiger partial charge in [-0.3, -0.25) is 4.79 Å². The number of nitrogens with zero attached hydrogens (tertiary/aromatic N) is 1. The third-order valence-electron chi connectivity index (χ3n) is 4.34. The Bertz CT molecular complexity index is 616.